The summed E-state index contributed by atoms with van der Waals surface area (Å²) in [4.78, 5) is 5.42. The lowest BCUT2D eigenvalue weighted by Gasteiger charge is -2.08. The highest BCUT2D eigenvalue weighted by Gasteiger charge is 2.13. The Morgan fingerprint density at radius 2 is 2.28 bits per heavy atom. The van der Waals surface area contributed by atoms with Crippen LogP contribution in [0.25, 0.3) is 10.6 Å². The zero-order valence-electron chi connectivity index (χ0n) is 10.2. The Morgan fingerprint density at radius 3 is 2.94 bits per heavy atom. The molecule has 1 aromatic carbocycles. The van der Waals surface area contributed by atoms with E-state index in [2.05, 4.69) is 40.1 Å². The minimum absolute atomic E-state index is 0.249. The first-order valence-corrected chi connectivity index (χ1v) is 7.37. The first-order valence-electron chi connectivity index (χ1n) is 5.76. The highest BCUT2D eigenvalue weighted by molar-refractivity contribution is 9.10. The molecule has 1 N–H and O–H groups in total. The molecule has 96 valence electrons. The second-order valence-electron chi connectivity index (χ2n) is 3.97. The fourth-order valence-electron chi connectivity index (χ4n) is 1.68. The molecule has 0 aliphatic rings. The molecule has 1 heterocycles. The summed E-state index contributed by atoms with van der Waals surface area (Å²) in [5.41, 5.74) is 0.554. The van der Waals surface area contributed by atoms with Crippen molar-refractivity contribution in [1.82, 2.24) is 10.3 Å². The van der Waals surface area contributed by atoms with Crippen molar-refractivity contribution < 1.29 is 4.39 Å². The molecule has 0 spiro atoms. The molecule has 0 fully saturated rings. The number of rotatable bonds is 4. The van der Waals surface area contributed by atoms with Gasteiger partial charge in [-0.3, -0.25) is 0 Å². The standard InChI is InChI=1S/C13H14BrFN2S/c1-3-16-8(2)12-7-17-13(18-12)10-5-4-9(14)6-11(10)15/h4-8,16H,3H2,1-2H3. The lowest BCUT2D eigenvalue weighted by molar-refractivity contribution is 0.606. The maximum absolute atomic E-state index is 13.8. The molecule has 0 amide bonds. The van der Waals surface area contributed by atoms with Gasteiger partial charge < -0.3 is 5.32 Å². The summed E-state index contributed by atoms with van der Waals surface area (Å²) in [6.45, 7) is 5.05. The molecular weight excluding hydrogens is 315 g/mol. The molecule has 2 aromatic rings. The fraction of sp³-hybridized carbons (Fsp3) is 0.308. The maximum Gasteiger partial charge on any atom is 0.134 e. The topological polar surface area (TPSA) is 24.9 Å². The third-order valence-corrected chi connectivity index (χ3v) is 4.33. The molecule has 1 atom stereocenters. The van der Waals surface area contributed by atoms with E-state index in [0.717, 1.165) is 20.9 Å². The largest absolute Gasteiger partial charge is 0.310 e. The number of aromatic nitrogens is 1. The Bertz CT molecular complexity index is 542. The second kappa shape index (κ2) is 5.91. The van der Waals surface area contributed by atoms with Crippen molar-refractivity contribution in [2.75, 3.05) is 6.54 Å². The van der Waals surface area contributed by atoms with Gasteiger partial charge in [0.25, 0.3) is 0 Å². The molecule has 1 unspecified atom stereocenters. The van der Waals surface area contributed by atoms with Gasteiger partial charge in [-0.2, -0.15) is 0 Å². The molecular formula is C13H14BrFN2S. The van der Waals surface area contributed by atoms with Crippen LogP contribution in [-0.4, -0.2) is 11.5 Å². The number of thiazole rings is 1. The van der Waals surface area contributed by atoms with Gasteiger partial charge in [0.2, 0.25) is 0 Å². The minimum Gasteiger partial charge on any atom is -0.310 e. The molecule has 2 nitrogen and oxygen atoms in total. The third-order valence-electron chi connectivity index (χ3n) is 2.62. The Labute approximate surface area is 118 Å². The lowest BCUT2D eigenvalue weighted by Crippen LogP contribution is -2.16. The summed E-state index contributed by atoms with van der Waals surface area (Å²) in [6.07, 6.45) is 1.81. The summed E-state index contributed by atoms with van der Waals surface area (Å²) in [5, 5.41) is 4.04. The van der Waals surface area contributed by atoms with E-state index in [1.807, 2.05) is 12.3 Å². The SMILES string of the molecule is CCNC(C)c1cnc(-c2ccc(Br)cc2F)s1. The zero-order valence-corrected chi connectivity index (χ0v) is 12.6. The van der Waals surface area contributed by atoms with E-state index < -0.39 is 0 Å². The number of benzene rings is 1. The molecule has 0 bridgehead atoms. The minimum atomic E-state index is -0.249. The molecule has 0 saturated carbocycles. The third kappa shape index (κ3) is 2.96. The smallest absolute Gasteiger partial charge is 0.134 e. The van der Waals surface area contributed by atoms with Gasteiger partial charge in [-0.05, 0) is 31.7 Å². The molecule has 2 rings (SSSR count). The monoisotopic (exact) mass is 328 g/mol. The first kappa shape index (κ1) is 13.6. The van der Waals surface area contributed by atoms with Crippen LogP contribution in [0.15, 0.2) is 28.9 Å². The Kier molecular flexibility index (Phi) is 4.48. The van der Waals surface area contributed by atoms with Crippen molar-refractivity contribution >= 4 is 27.3 Å². The van der Waals surface area contributed by atoms with Crippen molar-refractivity contribution in [1.29, 1.82) is 0 Å². The quantitative estimate of drug-likeness (QED) is 0.900. The molecule has 0 aliphatic carbocycles. The summed E-state index contributed by atoms with van der Waals surface area (Å²) in [7, 11) is 0. The maximum atomic E-state index is 13.8. The van der Waals surface area contributed by atoms with Gasteiger partial charge in [-0.15, -0.1) is 11.3 Å². The van der Waals surface area contributed by atoms with Gasteiger partial charge in [0.05, 0.1) is 0 Å². The van der Waals surface area contributed by atoms with E-state index in [1.54, 1.807) is 6.07 Å². The van der Waals surface area contributed by atoms with Crippen LogP contribution >= 0.6 is 27.3 Å². The number of hydrogen-bond donors (Lipinski definition) is 1. The van der Waals surface area contributed by atoms with E-state index in [9.17, 15) is 4.39 Å². The van der Waals surface area contributed by atoms with Crippen LogP contribution in [0.2, 0.25) is 0 Å². The lowest BCUT2D eigenvalue weighted by atomic mass is 10.2. The number of nitrogens with zero attached hydrogens (tertiary/aromatic N) is 1. The van der Waals surface area contributed by atoms with E-state index >= 15 is 0 Å². The fourth-order valence-corrected chi connectivity index (χ4v) is 2.98. The highest BCUT2D eigenvalue weighted by Crippen LogP contribution is 2.31. The summed E-state index contributed by atoms with van der Waals surface area (Å²) in [5.74, 6) is -0.249. The predicted molar refractivity (Wildman–Crippen MR) is 77.3 cm³/mol. The van der Waals surface area contributed by atoms with Gasteiger partial charge in [-0.1, -0.05) is 22.9 Å². The zero-order chi connectivity index (χ0) is 13.1. The van der Waals surface area contributed by atoms with Crippen LogP contribution in [0, 0.1) is 5.82 Å². The molecule has 18 heavy (non-hydrogen) atoms. The molecule has 0 saturated heterocycles. The summed E-state index contributed by atoms with van der Waals surface area (Å²) < 4.78 is 14.6. The van der Waals surface area contributed by atoms with Crippen LogP contribution in [0.3, 0.4) is 0 Å². The Morgan fingerprint density at radius 1 is 1.50 bits per heavy atom. The van der Waals surface area contributed by atoms with Gasteiger partial charge in [0, 0.05) is 27.2 Å². The Hall–Kier alpha value is -0.780. The predicted octanol–water partition coefficient (Wildman–Crippen LogP) is 4.38. The molecule has 0 aliphatic heterocycles. The van der Waals surface area contributed by atoms with E-state index in [-0.39, 0.29) is 11.9 Å². The van der Waals surface area contributed by atoms with Crippen LogP contribution < -0.4 is 5.32 Å². The number of hydrogen-bond acceptors (Lipinski definition) is 3. The highest BCUT2D eigenvalue weighted by atomic mass is 79.9. The van der Waals surface area contributed by atoms with Gasteiger partial charge in [-0.25, -0.2) is 9.37 Å². The van der Waals surface area contributed by atoms with Crippen molar-refractivity contribution in [2.24, 2.45) is 0 Å². The molecule has 0 radical (unpaired) electrons. The molecule has 5 heteroatoms. The van der Waals surface area contributed by atoms with E-state index in [0.29, 0.717) is 5.56 Å². The average molecular weight is 329 g/mol. The summed E-state index contributed by atoms with van der Waals surface area (Å²) in [6, 6.07) is 5.29. The van der Waals surface area contributed by atoms with Crippen LogP contribution in [0.4, 0.5) is 4.39 Å². The molecule has 1 aromatic heterocycles. The number of nitrogens with one attached hydrogen (secondary N) is 1. The van der Waals surface area contributed by atoms with Crippen LogP contribution in [0.5, 0.6) is 0 Å². The van der Waals surface area contributed by atoms with Crippen LogP contribution in [0.1, 0.15) is 24.8 Å². The average Bonchev–Trinajstić information content (AvgIpc) is 2.78. The number of halogens is 2. The van der Waals surface area contributed by atoms with Crippen molar-refractivity contribution in [3.63, 3.8) is 0 Å². The van der Waals surface area contributed by atoms with Crippen LogP contribution in [-0.2, 0) is 0 Å². The second-order valence-corrected chi connectivity index (χ2v) is 5.95. The van der Waals surface area contributed by atoms with Gasteiger partial charge in [0.1, 0.15) is 10.8 Å². The van der Waals surface area contributed by atoms with Crippen molar-refractivity contribution in [3.8, 4) is 10.6 Å². The van der Waals surface area contributed by atoms with Crippen molar-refractivity contribution in [2.45, 2.75) is 19.9 Å². The van der Waals surface area contributed by atoms with E-state index in [4.69, 9.17) is 0 Å². The van der Waals surface area contributed by atoms with E-state index in [1.165, 1.54) is 17.4 Å². The van der Waals surface area contributed by atoms with Gasteiger partial charge in [0.15, 0.2) is 0 Å². The first-order chi connectivity index (χ1) is 8.61. The Balaban J connectivity index is 2.29. The van der Waals surface area contributed by atoms with Gasteiger partial charge >= 0.3 is 0 Å². The van der Waals surface area contributed by atoms with Crippen molar-refractivity contribution in [3.05, 3.63) is 39.6 Å². The normalized spacial score (nSPS) is 12.7. The summed E-state index contributed by atoms with van der Waals surface area (Å²) >= 11 is 4.78.